The number of nitrogens with one attached hydrogen (secondary N) is 1. The molecule has 0 unspecified atom stereocenters. The minimum absolute atomic E-state index is 0.00769. The van der Waals surface area contributed by atoms with Crippen molar-refractivity contribution in [1.29, 1.82) is 0 Å². The number of carbonyl (C=O) groups is 1. The topological polar surface area (TPSA) is 94.2 Å². The van der Waals surface area contributed by atoms with Gasteiger partial charge in [-0.15, -0.1) is 0 Å². The lowest BCUT2D eigenvalue weighted by Crippen LogP contribution is -2.38. The largest absolute Gasteiger partial charge is 0.495 e. The summed E-state index contributed by atoms with van der Waals surface area (Å²) in [5, 5.41) is 2.77. The number of ether oxygens (including phenoxy) is 3. The Hall–Kier alpha value is -3.72. The van der Waals surface area contributed by atoms with Crippen molar-refractivity contribution in [3.8, 4) is 17.2 Å². The van der Waals surface area contributed by atoms with Gasteiger partial charge in [-0.3, -0.25) is 9.10 Å². The summed E-state index contributed by atoms with van der Waals surface area (Å²) in [5.41, 5.74) is 2.67. The molecule has 1 heterocycles. The van der Waals surface area contributed by atoms with Crippen LogP contribution in [-0.4, -0.2) is 41.2 Å². The fourth-order valence-corrected chi connectivity index (χ4v) is 5.43. The van der Waals surface area contributed by atoms with Crippen LogP contribution in [0.25, 0.3) is 0 Å². The van der Waals surface area contributed by atoms with E-state index in [-0.39, 0.29) is 10.6 Å². The van der Waals surface area contributed by atoms with Gasteiger partial charge in [0.05, 0.1) is 12.8 Å². The molecule has 0 saturated heterocycles. The number of fused-ring (bicyclic) bond motifs is 1. The van der Waals surface area contributed by atoms with Gasteiger partial charge in [-0.1, -0.05) is 25.1 Å². The molecule has 1 aliphatic rings. The first-order valence-electron chi connectivity index (χ1n) is 11.3. The van der Waals surface area contributed by atoms with Crippen LogP contribution >= 0.6 is 0 Å². The second-order valence-corrected chi connectivity index (χ2v) is 9.92. The monoisotopic (exact) mass is 496 g/mol. The van der Waals surface area contributed by atoms with E-state index in [1.807, 2.05) is 19.1 Å². The Morgan fingerprint density at radius 1 is 1.00 bits per heavy atom. The van der Waals surface area contributed by atoms with Crippen LogP contribution in [0.5, 0.6) is 17.2 Å². The van der Waals surface area contributed by atoms with Gasteiger partial charge in [0.1, 0.15) is 30.4 Å². The van der Waals surface area contributed by atoms with Crippen LogP contribution in [0.1, 0.15) is 18.1 Å². The molecule has 0 fully saturated rings. The molecule has 3 aromatic carbocycles. The summed E-state index contributed by atoms with van der Waals surface area (Å²) >= 11 is 0. The summed E-state index contributed by atoms with van der Waals surface area (Å²) in [4.78, 5) is 13.1. The fraction of sp³-hybridized carbons (Fsp3) is 0.269. The number of rotatable bonds is 8. The molecule has 3 aromatic rings. The molecule has 0 saturated carbocycles. The number of hydrogen-bond acceptors (Lipinski definition) is 6. The normalized spacial score (nSPS) is 12.7. The molecule has 0 aliphatic carbocycles. The van der Waals surface area contributed by atoms with Gasteiger partial charge in [0.15, 0.2) is 11.5 Å². The number of anilines is 2. The zero-order valence-corrected chi connectivity index (χ0v) is 20.7. The zero-order chi connectivity index (χ0) is 25.0. The van der Waals surface area contributed by atoms with E-state index in [1.54, 1.807) is 55.5 Å². The predicted octanol–water partition coefficient (Wildman–Crippen LogP) is 4.17. The highest BCUT2D eigenvalue weighted by molar-refractivity contribution is 7.93. The lowest BCUT2D eigenvalue weighted by molar-refractivity contribution is -0.114. The van der Waals surface area contributed by atoms with Gasteiger partial charge >= 0.3 is 0 Å². The minimum Gasteiger partial charge on any atom is -0.495 e. The van der Waals surface area contributed by atoms with E-state index in [0.29, 0.717) is 36.1 Å². The van der Waals surface area contributed by atoms with E-state index >= 15 is 0 Å². The maximum absolute atomic E-state index is 13.8. The molecule has 9 heteroatoms. The molecule has 184 valence electrons. The summed E-state index contributed by atoms with van der Waals surface area (Å²) in [7, 11) is -2.72. The Labute approximate surface area is 205 Å². The van der Waals surface area contributed by atoms with Crippen molar-refractivity contribution in [2.24, 2.45) is 0 Å². The first-order valence-corrected chi connectivity index (χ1v) is 12.7. The molecule has 0 radical (unpaired) electrons. The maximum Gasteiger partial charge on any atom is 0.268 e. The van der Waals surface area contributed by atoms with Crippen LogP contribution in [0.2, 0.25) is 0 Å². The van der Waals surface area contributed by atoms with Crippen LogP contribution in [-0.2, 0) is 21.2 Å². The summed E-state index contributed by atoms with van der Waals surface area (Å²) in [5.74, 6) is 0.827. The number of aryl methyl sites for hydroxylation is 2. The van der Waals surface area contributed by atoms with E-state index in [4.69, 9.17) is 14.2 Å². The molecular formula is C26H28N2O6S. The number of hydrogen-bond donors (Lipinski definition) is 1. The fourth-order valence-electron chi connectivity index (χ4n) is 3.77. The quantitative estimate of drug-likeness (QED) is 0.503. The average Bonchev–Trinajstić information content (AvgIpc) is 2.87. The van der Waals surface area contributed by atoms with Crippen LogP contribution < -0.4 is 23.8 Å². The van der Waals surface area contributed by atoms with Crippen molar-refractivity contribution in [2.45, 2.75) is 25.2 Å². The summed E-state index contributed by atoms with van der Waals surface area (Å²) in [6.45, 7) is 4.27. The van der Waals surface area contributed by atoms with Crippen molar-refractivity contribution in [2.75, 3.05) is 36.5 Å². The Morgan fingerprint density at radius 2 is 1.71 bits per heavy atom. The summed E-state index contributed by atoms with van der Waals surface area (Å²) < 4.78 is 45.2. The summed E-state index contributed by atoms with van der Waals surface area (Å²) in [6, 6.07) is 17.1. The van der Waals surface area contributed by atoms with Gasteiger partial charge in [0.25, 0.3) is 10.0 Å². The van der Waals surface area contributed by atoms with Gasteiger partial charge in [-0.2, -0.15) is 0 Å². The standard InChI is InChI=1S/C26H28N2O6S/c1-4-19-6-9-21(10-7-19)28(35(30,31)25-15-18(2)5-11-23(25)32-3)17-26(29)27-20-8-12-22-24(16-20)34-14-13-33-22/h5-12,15-16H,4,13-14,17H2,1-3H3,(H,27,29). The second kappa shape index (κ2) is 10.3. The van der Waals surface area contributed by atoms with E-state index in [0.717, 1.165) is 21.9 Å². The van der Waals surface area contributed by atoms with Crippen LogP contribution in [0.3, 0.4) is 0 Å². The molecule has 8 nitrogen and oxygen atoms in total. The Kier molecular flexibility index (Phi) is 7.16. The van der Waals surface area contributed by atoms with Gasteiger partial charge in [0, 0.05) is 11.8 Å². The van der Waals surface area contributed by atoms with Crippen LogP contribution in [0.4, 0.5) is 11.4 Å². The molecule has 1 N–H and O–H groups in total. The zero-order valence-electron chi connectivity index (χ0n) is 19.9. The van der Waals surface area contributed by atoms with Gasteiger partial charge in [-0.05, 0) is 60.9 Å². The first kappa shape index (κ1) is 24.4. The Balaban J connectivity index is 1.67. The number of nitrogens with zero attached hydrogens (tertiary/aromatic N) is 1. The Bertz CT molecular complexity index is 1320. The Morgan fingerprint density at radius 3 is 2.40 bits per heavy atom. The molecule has 0 spiro atoms. The van der Waals surface area contributed by atoms with E-state index in [9.17, 15) is 13.2 Å². The van der Waals surface area contributed by atoms with Gasteiger partial charge < -0.3 is 19.5 Å². The molecule has 4 rings (SSSR count). The van der Waals surface area contributed by atoms with Crippen molar-refractivity contribution >= 4 is 27.3 Å². The smallest absolute Gasteiger partial charge is 0.268 e. The molecule has 1 amide bonds. The second-order valence-electron chi connectivity index (χ2n) is 8.09. The van der Waals surface area contributed by atoms with Crippen molar-refractivity contribution in [1.82, 2.24) is 0 Å². The van der Waals surface area contributed by atoms with Crippen LogP contribution in [0, 0.1) is 6.92 Å². The highest BCUT2D eigenvalue weighted by atomic mass is 32.2. The third-order valence-corrected chi connectivity index (χ3v) is 7.43. The molecule has 35 heavy (non-hydrogen) atoms. The van der Waals surface area contributed by atoms with E-state index in [2.05, 4.69) is 5.32 Å². The highest BCUT2D eigenvalue weighted by Crippen LogP contribution is 2.33. The highest BCUT2D eigenvalue weighted by Gasteiger charge is 2.30. The molecular weight excluding hydrogens is 468 g/mol. The van der Waals surface area contributed by atoms with E-state index in [1.165, 1.54) is 7.11 Å². The van der Waals surface area contributed by atoms with Crippen LogP contribution in [0.15, 0.2) is 65.6 Å². The SMILES string of the molecule is CCc1ccc(N(CC(=O)Nc2ccc3c(c2)OCCO3)S(=O)(=O)c2cc(C)ccc2OC)cc1. The number of amides is 1. The molecule has 0 aromatic heterocycles. The molecule has 1 aliphatic heterocycles. The first-order chi connectivity index (χ1) is 16.8. The number of carbonyl (C=O) groups excluding carboxylic acids is 1. The summed E-state index contributed by atoms with van der Waals surface area (Å²) in [6.07, 6.45) is 0.809. The molecule has 0 bridgehead atoms. The third-order valence-electron chi connectivity index (χ3n) is 5.63. The lowest BCUT2D eigenvalue weighted by atomic mass is 10.1. The predicted molar refractivity (Wildman–Crippen MR) is 134 cm³/mol. The maximum atomic E-state index is 13.8. The van der Waals surface area contributed by atoms with Crippen molar-refractivity contribution in [3.05, 3.63) is 71.8 Å². The number of benzene rings is 3. The van der Waals surface area contributed by atoms with Crippen molar-refractivity contribution in [3.63, 3.8) is 0 Å². The minimum atomic E-state index is -4.14. The van der Waals surface area contributed by atoms with Gasteiger partial charge in [-0.25, -0.2) is 8.42 Å². The number of methoxy groups -OCH3 is 1. The number of sulfonamides is 1. The average molecular weight is 497 g/mol. The van der Waals surface area contributed by atoms with E-state index < -0.39 is 22.5 Å². The lowest BCUT2D eigenvalue weighted by Gasteiger charge is -2.25. The molecule has 0 atom stereocenters. The van der Waals surface area contributed by atoms with Gasteiger partial charge in [0.2, 0.25) is 5.91 Å². The third kappa shape index (κ3) is 5.35. The van der Waals surface area contributed by atoms with Crippen molar-refractivity contribution < 1.29 is 27.4 Å².